The van der Waals surface area contributed by atoms with Crippen LogP contribution in [0, 0.1) is 6.92 Å². The van der Waals surface area contributed by atoms with Gasteiger partial charge >= 0.3 is 0 Å². The second kappa shape index (κ2) is 9.49. The predicted octanol–water partition coefficient (Wildman–Crippen LogP) is 6.18. The molecule has 0 aliphatic heterocycles. The summed E-state index contributed by atoms with van der Waals surface area (Å²) < 4.78 is 2.10. The van der Waals surface area contributed by atoms with Crippen molar-refractivity contribution < 1.29 is 4.79 Å². The molecule has 0 bridgehead atoms. The predicted molar refractivity (Wildman–Crippen MR) is 129 cm³/mol. The Morgan fingerprint density at radius 2 is 1.94 bits per heavy atom. The van der Waals surface area contributed by atoms with Crippen LogP contribution in [-0.4, -0.2) is 20.4 Å². The Bertz CT molecular complexity index is 1200. The molecule has 0 atom stereocenters. The maximum Gasteiger partial charge on any atom is 0.230 e. The lowest BCUT2D eigenvalue weighted by molar-refractivity contribution is -0.115. The zero-order valence-electron chi connectivity index (χ0n) is 17.8. The summed E-state index contributed by atoms with van der Waals surface area (Å²) in [6.45, 7) is 5.78. The highest BCUT2D eigenvalue weighted by Gasteiger charge is 2.20. The van der Waals surface area contributed by atoms with Crippen LogP contribution in [0.15, 0.2) is 71.5 Å². The molecule has 5 nitrogen and oxygen atoms in total. The van der Waals surface area contributed by atoms with Crippen molar-refractivity contribution in [3.05, 3.63) is 83.1 Å². The van der Waals surface area contributed by atoms with Gasteiger partial charge < -0.3 is 0 Å². The molecule has 4 rings (SSSR count). The maximum atomic E-state index is 12.5. The molecule has 1 amide bonds. The van der Waals surface area contributed by atoms with Crippen molar-refractivity contribution in [2.75, 3.05) is 4.90 Å². The van der Waals surface area contributed by atoms with Gasteiger partial charge in [0, 0.05) is 30.5 Å². The van der Waals surface area contributed by atoms with Gasteiger partial charge in [0.2, 0.25) is 5.91 Å². The summed E-state index contributed by atoms with van der Waals surface area (Å²) >= 11 is 3.13. The number of imidazole rings is 1. The van der Waals surface area contributed by atoms with Crippen LogP contribution < -0.4 is 4.90 Å². The third-order valence-corrected chi connectivity index (χ3v) is 6.87. The van der Waals surface area contributed by atoms with Crippen molar-refractivity contribution in [3.63, 3.8) is 0 Å². The van der Waals surface area contributed by atoms with Crippen molar-refractivity contribution in [1.82, 2.24) is 14.5 Å². The van der Waals surface area contributed by atoms with Crippen molar-refractivity contribution >= 4 is 39.8 Å². The van der Waals surface area contributed by atoms with Gasteiger partial charge in [-0.3, -0.25) is 14.3 Å². The minimum Gasteiger partial charge on any atom is -0.295 e. The molecule has 0 unspecified atom stereocenters. The fourth-order valence-corrected chi connectivity index (χ4v) is 5.30. The number of hydrogen-bond acceptors (Lipinski definition) is 5. The van der Waals surface area contributed by atoms with Crippen LogP contribution in [0.3, 0.4) is 0 Å². The topological polar surface area (TPSA) is 51.0 Å². The van der Waals surface area contributed by atoms with Crippen LogP contribution in [0.5, 0.6) is 0 Å². The van der Waals surface area contributed by atoms with E-state index in [9.17, 15) is 4.79 Å². The Morgan fingerprint density at radius 3 is 2.71 bits per heavy atom. The molecule has 0 radical (unpaired) electrons. The quantitative estimate of drug-likeness (QED) is 0.317. The molecule has 2 heterocycles. The van der Waals surface area contributed by atoms with Crippen molar-refractivity contribution in [2.24, 2.45) is 0 Å². The van der Waals surface area contributed by atoms with Gasteiger partial charge in [-0.2, -0.15) is 0 Å². The number of benzene rings is 2. The first-order valence-corrected chi connectivity index (χ1v) is 12.0. The number of rotatable bonds is 7. The third kappa shape index (κ3) is 4.57. The minimum atomic E-state index is -0.0375. The van der Waals surface area contributed by atoms with E-state index in [1.54, 1.807) is 23.6 Å². The van der Waals surface area contributed by atoms with Crippen molar-refractivity contribution in [3.8, 4) is 5.69 Å². The third-order valence-electron chi connectivity index (χ3n) is 4.99. The molecule has 0 N–H and O–H groups in total. The number of carbonyl (C=O) groups is 1. The highest BCUT2D eigenvalue weighted by molar-refractivity contribution is 7.98. The summed E-state index contributed by atoms with van der Waals surface area (Å²) in [6, 6.07) is 16.3. The SMILES string of the molecule is CCc1ccccc1N(C(C)=O)c1nc(CSc2nccn2-c2ccccc2C)cs1. The van der Waals surface area contributed by atoms with Crippen LogP contribution in [0.25, 0.3) is 5.69 Å². The summed E-state index contributed by atoms with van der Waals surface area (Å²) in [4.78, 5) is 23.5. The summed E-state index contributed by atoms with van der Waals surface area (Å²) in [5.41, 5.74) is 5.29. The van der Waals surface area contributed by atoms with Crippen LogP contribution >= 0.6 is 23.1 Å². The van der Waals surface area contributed by atoms with Gasteiger partial charge in [-0.05, 0) is 36.6 Å². The monoisotopic (exact) mass is 448 g/mol. The van der Waals surface area contributed by atoms with E-state index in [-0.39, 0.29) is 5.91 Å². The number of nitrogens with zero attached hydrogens (tertiary/aromatic N) is 4. The van der Waals surface area contributed by atoms with Crippen molar-refractivity contribution in [2.45, 2.75) is 38.1 Å². The second-order valence-electron chi connectivity index (χ2n) is 7.11. The molecule has 0 saturated heterocycles. The van der Waals surface area contributed by atoms with Crippen molar-refractivity contribution in [1.29, 1.82) is 0 Å². The van der Waals surface area contributed by atoms with Gasteiger partial charge in [0.1, 0.15) is 0 Å². The van der Waals surface area contributed by atoms with E-state index in [1.807, 2.05) is 48.1 Å². The number of para-hydroxylation sites is 2. The first kappa shape index (κ1) is 21.3. The number of aromatic nitrogens is 3. The number of thiazole rings is 1. The molecule has 0 aliphatic rings. The average Bonchev–Trinajstić information content (AvgIpc) is 3.42. The molecule has 0 spiro atoms. The first-order chi connectivity index (χ1) is 15.1. The Hall–Kier alpha value is -2.90. The number of thioether (sulfide) groups is 1. The van der Waals surface area contributed by atoms with Gasteiger partial charge in [0.25, 0.3) is 0 Å². The molecule has 158 valence electrons. The lowest BCUT2D eigenvalue weighted by atomic mass is 10.1. The van der Waals surface area contributed by atoms with E-state index in [1.165, 1.54) is 16.9 Å². The van der Waals surface area contributed by atoms with Crippen LogP contribution in [0.4, 0.5) is 10.8 Å². The van der Waals surface area contributed by atoms with Crippen LogP contribution in [0.1, 0.15) is 30.7 Å². The summed E-state index contributed by atoms with van der Waals surface area (Å²) in [7, 11) is 0. The van der Waals surface area contributed by atoms with Gasteiger partial charge in [-0.15, -0.1) is 11.3 Å². The molecule has 0 fully saturated rings. The molecular formula is C24H24N4OS2. The highest BCUT2D eigenvalue weighted by Crippen LogP contribution is 2.33. The van der Waals surface area contributed by atoms with Gasteiger partial charge in [-0.25, -0.2) is 9.97 Å². The number of aryl methyl sites for hydroxylation is 2. The molecule has 7 heteroatoms. The highest BCUT2D eigenvalue weighted by atomic mass is 32.2. The Labute approximate surface area is 190 Å². The normalized spacial score (nSPS) is 10.9. The van der Waals surface area contributed by atoms with E-state index >= 15 is 0 Å². The number of carbonyl (C=O) groups excluding carboxylic acids is 1. The van der Waals surface area contributed by atoms with E-state index in [0.717, 1.165) is 34.2 Å². The largest absolute Gasteiger partial charge is 0.295 e. The summed E-state index contributed by atoms with van der Waals surface area (Å²) in [6.07, 6.45) is 4.66. The van der Waals surface area contributed by atoms with E-state index in [4.69, 9.17) is 4.98 Å². The minimum absolute atomic E-state index is 0.0375. The summed E-state index contributed by atoms with van der Waals surface area (Å²) in [5, 5.41) is 3.64. The number of hydrogen-bond donors (Lipinski definition) is 0. The van der Waals surface area contributed by atoms with E-state index in [2.05, 4.69) is 41.6 Å². The standard InChI is InChI=1S/C24H24N4OS2/c1-4-19-10-6-8-12-22(19)28(18(3)29)24-26-20(16-31-24)15-30-23-25-13-14-27(23)21-11-7-5-9-17(21)2/h5-14,16H,4,15H2,1-3H3. The lowest BCUT2D eigenvalue weighted by Crippen LogP contribution is -2.23. The summed E-state index contributed by atoms with van der Waals surface area (Å²) in [5.74, 6) is 0.644. The van der Waals surface area contributed by atoms with Crippen LogP contribution in [-0.2, 0) is 17.0 Å². The first-order valence-electron chi connectivity index (χ1n) is 10.1. The lowest BCUT2D eigenvalue weighted by Gasteiger charge is -2.20. The average molecular weight is 449 g/mol. The zero-order chi connectivity index (χ0) is 21.8. The zero-order valence-corrected chi connectivity index (χ0v) is 19.4. The van der Waals surface area contributed by atoms with Gasteiger partial charge in [-0.1, -0.05) is 55.1 Å². The number of anilines is 2. The van der Waals surface area contributed by atoms with Gasteiger partial charge in [0.05, 0.1) is 17.1 Å². The molecule has 0 saturated carbocycles. The molecule has 4 aromatic rings. The number of amides is 1. The Balaban J connectivity index is 1.55. The molecular weight excluding hydrogens is 424 g/mol. The van der Waals surface area contributed by atoms with Gasteiger partial charge in [0.15, 0.2) is 10.3 Å². The smallest absolute Gasteiger partial charge is 0.230 e. The van der Waals surface area contributed by atoms with Crippen LogP contribution in [0.2, 0.25) is 0 Å². The molecule has 2 aromatic heterocycles. The Morgan fingerprint density at radius 1 is 1.16 bits per heavy atom. The molecule has 0 aliphatic carbocycles. The molecule has 2 aromatic carbocycles. The Kier molecular flexibility index (Phi) is 6.53. The van der Waals surface area contributed by atoms with E-state index in [0.29, 0.717) is 10.9 Å². The maximum absolute atomic E-state index is 12.5. The fraction of sp³-hybridized carbons (Fsp3) is 0.208. The molecule has 31 heavy (non-hydrogen) atoms. The second-order valence-corrected chi connectivity index (χ2v) is 8.89. The fourth-order valence-electron chi connectivity index (χ4n) is 3.45. The van der Waals surface area contributed by atoms with E-state index < -0.39 is 0 Å².